The third kappa shape index (κ3) is 2.34. The predicted octanol–water partition coefficient (Wildman–Crippen LogP) is 0.690. The van der Waals surface area contributed by atoms with Crippen molar-refractivity contribution < 1.29 is 19.4 Å². The molecule has 0 aliphatic carbocycles. The van der Waals surface area contributed by atoms with Crippen molar-refractivity contribution in [1.82, 2.24) is 4.90 Å². The molecule has 0 aromatic carbocycles. The Morgan fingerprint density at radius 2 is 2.38 bits per heavy atom. The average Bonchev–Trinajstić information content (AvgIpc) is 2.29. The molecule has 5 nitrogen and oxygen atoms in total. The van der Waals surface area contributed by atoms with Crippen molar-refractivity contribution >= 4 is 12.1 Å². The monoisotopic (exact) mass is 187 g/mol. The number of hydrogen-bond acceptors (Lipinski definition) is 3. The van der Waals surface area contributed by atoms with E-state index in [0.29, 0.717) is 6.54 Å². The van der Waals surface area contributed by atoms with Gasteiger partial charge in [-0.15, -0.1) is 0 Å². The lowest BCUT2D eigenvalue weighted by Crippen LogP contribution is -2.32. The molecule has 1 amide bonds. The van der Waals surface area contributed by atoms with Gasteiger partial charge in [0.1, 0.15) is 6.10 Å². The van der Waals surface area contributed by atoms with Crippen molar-refractivity contribution in [2.24, 2.45) is 0 Å². The molecule has 0 bridgehead atoms. The first-order chi connectivity index (χ1) is 6.00. The molecule has 1 fully saturated rings. The van der Waals surface area contributed by atoms with Gasteiger partial charge in [0.25, 0.3) is 0 Å². The van der Waals surface area contributed by atoms with Gasteiger partial charge in [0.05, 0.1) is 13.0 Å². The van der Waals surface area contributed by atoms with Gasteiger partial charge in [0.15, 0.2) is 0 Å². The fourth-order valence-electron chi connectivity index (χ4n) is 1.26. The first-order valence-corrected chi connectivity index (χ1v) is 4.19. The molecule has 1 unspecified atom stereocenters. The van der Waals surface area contributed by atoms with Gasteiger partial charge in [0, 0.05) is 6.04 Å². The van der Waals surface area contributed by atoms with Crippen LogP contribution in [0.4, 0.5) is 4.79 Å². The fourth-order valence-corrected chi connectivity index (χ4v) is 1.26. The number of carbonyl (C=O) groups excluding carboxylic acids is 1. The van der Waals surface area contributed by atoms with Gasteiger partial charge in [-0.05, 0) is 13.8 Å². The first-order valence-electron chi connectivity index (χ1n) is 4.19. The largest absolute Gasteiger partial charge is 0.481 e. The smallest absolute Gasteiger partial charge is 0.410 e. The highest BCUT2D eigenvalue weighted by atomic mass is 16.6. The maximum Gasteiger partial charge on any atom is 0.410 e. The van der Waals surface area contributed by atoms with Gasteiger partial charge < -0.3 is 14.7 Å². The summed E-state index contributed by atoms with van der Waals surface area (Å²) in [4.78, 5) is 23.0. The number of ether oxygens (including phenoxy) is 1. The van der Waals surface area contributed by atoms with Gasteiger partial charge in [-0.1, -0.05) is 0 Å². The number of hydrogen-bond donors (Lipinski definition) is 1. The van der Waals surface area contributed by atoms with E-state index in [-0.39, 0.29) is 12.5 Å². The highest BCUT2D eigenvalue weighted by molar-refractivity contribution is 5.73. The normalized spacial score (nSPS) is 22.2. The van der Waals surface area contributed by atoms with E-state index in [1.807, 2.05) is 13.8 Å². The van der Waals surface area contributed by atoms with Crippen LogP contribution in [0.15, 0.2) is 0 Å². The molecule has 0 radical (unpaired) electrons. The van der Waals surface area contributed by atoms with Gasteiger partial charge in [-0.3, -0.25) is 4.79 Å². The zero-order chi connectivity index (χ0) is 10.0. The number of nitrogens with zero attached hydrogens (tertiary/aromatic N) is 1. The minimum Gasteiger partial charge on any atom is -0.481 e. The number of aliphatic carboxylic acids is 1. The Bertz CT molecular complexity index is 226. The van der Waals surface area contributed by atoms with Gasteiger partial charge in [-0.25, -0.2) is 4.79 Å². The molecule has 1 saturated heterocycles. The molecule has 1 aliphatic rings. The van der Waals surface area contributed by atoms with E-state index in [4.69, 9.17) is 9.84 Å². The molecule has 1 rings (SSSR count). The summed E-state index contributed by atoms with van der Waals surface area (Å²) in [6.07, 6.45) is -1.02. The number of amides is 1. The van der Waals surface area contributed by atoms with E-state index >= 15 is 0 Å². The minimum atomic E-state index is -0.941. The van der Waals surface area contributed by atoms with Gasteiger partial charge in [0.2, 0.25) is 0 Å². The average molecular weight is 187 g/mol. The van der Waals surface area contributed by atoms with Crippen molar-refractivity contribution in [2.75, 3.05) is 6.54 Å². The molecular formula is C8H13NO4. The molecule has 5 heteroatoms. The standard InChI is InChI=1S/C8H13NO4/c1-5(2)9-4-6(3-7(10)11)13-8(9)12/h5-6H,3-4H2,1-2H3,(H,10,11). The van der Waals surface area contributed by atoms with Crippen LogP contribution in [0.1, 0.15) is 20.3 Å². The summed E-state index contributed by atoms with van der Waals surface area (Å²) < 4.78 is 4.85. The Balaban J connectivity index is 2.50. The van der Waals surface area contributed by atoms with Crippen molar-refractivity contribution in [3.8, 4) is 0 Å². The van der Waals surface area contributed by atoms with Crippen LogP contribution < -0.4 is 0 Å². The molecule has 1 aliphatic heterocycles. The Morgan fingerprint density at radius 3 is 2.77 bits per heavy atom. The molecule has 1 N–H and O–H groups in total. The number of carboxylic acid groups (broad SMARTS) is 1. The van der Waals surface area contributed by atoms with E-state index in [1.54, 1.807) is 0 Å². The number of rotatable bonds is 3. The first kappa shape index (κ1) is 9.83. The van der Waals surface area contributed by atoms with Crippen LogP contribution in [0.25, 0.3) is 0 Å². The summed E-state index contributed by atoms with van der Waals surface area (Å²) in [5.74, 6) is -0.941. The van der Waals surface area contributed by atoms with Crippen LogP contribution in [0.3, 0.4) is 0 Å². The number of carboxylic acids is 1. The third-order valence-corrected chi connectivity index (χ3v) is 1.93. The van der Waals surface area contributed by atoms with Gasteiger partial charge in [-0.2, -0.15) is 0 Å². The van der Waals surface area contributed by atoms with Crippen molar-refractivity contribution in [3.63, 3.8) is 0 Å². The second-order valence-electron chi connectivity index (χ2n) is 3.35. The van der Waals surface area contributed by atoms with E-state index < -0.39 is 18.2 Å². The highest BCUT2D eigenvalue weighted by Crippen LogP contribution is 2.16. The summed E-state index contributed by atoms with van der Waals surface area (Å²) in [5.41, 5.74) is 0. The van der Waals surface area contributed by atoms with E-state index in [1.165, 1.54) is 4.90 Å². The van der Waals surface area contributed by atoms with Crippen LogP contribution in [0.2, 0.25) is 0 Å². The quantitative estimate of drug-likeness (QED) is 0.705. The van der Waals surface area contributed by atoms with Gasteiger partial charge >= 0.3 is 12.1 Å². The van der Waals surface area contributed by atoms with E-state index in [0.717, 1.165) is 0 Å². The van der Waals surface area contributed by atoms with Crippen LogP contribution in [0, 0.1) is 0 Å². The zero-order valence-electron chi connectivity index (χ0n) is 7.69. The summed E-state index contributed by atoms with van der Waals surface area (Å²) in [7, 11) is 0. The molecule has 1 atom stereocenters. The molecule has 0 aromatic rings. The second kappa shape index (κ2) is 3.64. The van der Waals surface area contributed by atoms with Crippen LogP contribution in [-0.4, -0.2) is 40.8 Å². The topological polar surface area (TPSA) is 66.8 Å². The molecule has 1 heterocycles. The van der Waals surface area contributed by atoms with Crippen LogP contribution >= 0.6 is 0 Å². The maximum absolute atomic E-state index is 11.1. The SMILES string of the molecule is CC(C)N1CC(CC(=O)O)OC1=O. The van der Waals surface area contributed by atoms with Crippen molar-refractivity contribution in [3.05, 3.63) is 0 Å². The minimum absolute atomic E-state index is 0.0614. The van der Waals surface area contributed by atoms with Crippen LogP contribution in [0.5, 0.6) is 0 Å². The van der Waals surface area contributed by atoms with E-state index in [9.17, 15) is 9.59 Å². The lowest BCUT2D eigenvalue weighted by Gasteiger charge is -2.16. The lowest BCUT2D eigenvalue weighted by atomic mass is 10.2. The predicted molar refractivity (Wildman–Crippen MR) is 44.4 cm³/mol. The molecule has 13 heavy (non-hydrogen) atoms. The Kier molecular flexibility index (Phi) is 2.75. The molecule has 74 valence electrons. The highest BCUT2D eigenvalue weighted by Gasteiger charge is 2.33. The number of cyclic esters (lactones) is 1. The summed E-state index contributed by atoms with van der Waals surface area (Å²) in [6.45, 7) is 4.11. The van der Waals surface area contributed by atoms with Crippen molar-refractivity contribution in [2.45, 2.75) is 32.4 Å². The Hall–Kier alpha value is -1.26. The molecular weight excluding hydrogens is 174 g/mol. The fraction of sp³-hybridized carbons (Fsp3) is 0.750. The number of carbonyl (C=O) groups is 2. The Labute approximate surface area is 76.3 Å². The lowest BCUT2D eigenvalue weighted by molar-refractivity contribution is -0.138. The maximum atomic E-state index is 11.1. The summed E-state index contributed by atoms with van der Waals surface area (Å²) >= 11 is 0. The van der Waals surface area contributed by atoms with Crippen molar-refractivity contribution in [1.29, 1.82) is 0 Å². The molecule has 0 spiro atoms. The molecule has 0 saturated carbocycles. The third-order valence-electron chi connectivity index (χ3n) is 1.93. The second-order valence-corrected chi connectivity index (χ2v) is 3.35. The van der Waals surface area contributed by atoms with E-state index in [2.05, 4.69) is 0 Å². The summed E-state index contributed by atoms with van der Waals surface area (Å²) in [5, 5.41) is 8.48. The molecule has 0 aromatic heterocycles. The Morgan fingerprint density at radius 1 is 1.77 bits per heavy atom. The van der Waals surface area contributed by atoms with Crippen LogP contribution in [-0.2, 0) is 9.53 Å². The summed E-state index contributed by atoms with van der Waals surface area (Å²) in [6, 6.07) is 0.0614. The zero-order valence-corrected chi connectivity index (χ0v) is 7.69.